The zero-order valence-electron chi connectivity index (χ0n) is 9.42. The van der Waals surface area contributed by atoms with Gasteiger partial charge >= 0.3 is 0 Å². The maximum absolute atomic E-state index is 11.1. The number of hydrogen-bond acceptors (Lipinski definition) is 2. The van der Waals surface area contributed by atoms with Crippen LogP contribution in [0.2, 0.25) is 0 Å². The van der Waals surface area contributed by atoms with E-state index in [0.717, 1.165) is 23.2 Å². The second-order valence-electron chi connectivity index (χ2n) is 4.69. The quantitative estimate of drug-likeness (QED) is 0.773. The topological polar surface area (TPSA) is 45.8 Å². The van der Waals surface area contributed by atoms with Crippen molar-refractivity contribution in [2.24, 2.45) is 0 Å². The van der Waals surface area contributed by atoms with Crippen LogP contribution in [0, 0.1) is 0 Å². The number of hydrogen-bond donors (Lipinski definition) is 1. The number of aldehydes is 1. The first-order chi connectivity index (χ1) is 7.24. The molecule has 1 aliphatic rings. The van der Waals surface area contributed by atoms with Crippen molar-refractivity contribution < 1.29 is 4.79 Å². The summed E-state index contributed by atoms with van der Waals surface area (Å²) >= 11 is 0. The number of H-pyrrole nitrogens is 1. The minimum atomic E-state index is 0.316. The predicted octanol–water partition coefficient (Wildman–Crippen LogP) is 3.00. The third-order valence-electron chi connectivity index (χ3n) is 3.29. The van der Waals surface area contributed by atoms with Crippen LogP contribution in [0.15, 0.2) is 0 Å². The molecule has 3 nitrogen and oxygen atoms in total. The van der Waals surface area contributed by atoms with Gasteiger partial charge in [0, 0.05) is 11.6 Å². The Morgan fingerprint density at radius 1 is 1.40 bits per heavy atom. The maximum Gasteiger partial charge on any atom is 0.153 e. The second-order valence-corrected chi connectivity index (χ2v) is 4.69. The van der Waals surface area contributed by atoms with Crippen LogP contribution in [0.4, 0.5) is 0 Å². The van der Waals surface area contributed by atoms with E-state index in [1.54, 1.807) is 0 Å². The van der Waals surface area contributed by atoms with Crippen LogP contribution in [0.1, 0.15) is 73.1 Å². The third kappa shape index (κ3) is 1.83. The fraction of sp³-hybridized carbons (Fsp3) is 0.667. The Morgan fingerprint density at radius 2 is 2.07 bits per heavy atom. The number of nitrogens with one attached hydrogen (secondary N) is 1. The lowest BCUT2D eigenvalue weighted by Gasteiger charge is -2.07. The Hall–Kier alpha value is -1.12. The highest BCUT2D eigenvalue weighted by molar-refractivity contribution is 5.79. The molecular weight excluding hydrogens is 188 g/mol. The average Bonchev–Trinajstić information content (AvgIpc) is 2.85. The molecule has 82 valence electrons. The average molecular weight is 206 g/mol. The fourth-order valence-electron chi connectivity index (χ4n) is 2.47. The fourth-order valence-corrected chi connectivity index (χ4v) is 2.47. The summed E-state index contributed by atoms with van der Waals surface area (Å²) in [6.07, 6.45) is 5.91. The molecule has 3 heteroatoms. The largest absolute Gasteiger partial charge is 0.298 e. The minimum Gasteiger partial charge on any atom is -0.298 e. The zero-order chi connectivity index (χ0) is 10.8. The van der Waals surface area contributed by atoms with Gasteiger partial charge in [-0.3, -0.25) is 9.89 Å². The van der Waals surface area contributed by atoms with Crippen LogP contribution < -0.4 is 0 Å². The van der Waals surface area contributed by atoms with Crippen molar-refractivity contribution in [3.8, 4) is 0 Å². The van der Waals surface area contributed by atoms with Gasteiger partial charge in [0.05, 0.1) is 11.3 Å². The number of carbonyl (C=O) groups is 1. The highest BCUT2D eigenvalue weighted by Gasteiger charge is 2.24. The number of rotatable bonds is 3. The smallest absolute Gasteiger partial charge is 0.153 e. The molecule has 0 aliphatic heterocycles. The summed E-state index contributed by atoms with van der Waals surface area (Å²) in [6, 6.07) is 0. The van der Waals surface area contributed by atoms with E-state index in [-0.39, 0.29) is 0 Å². The van der Waals surface area contributed by atoms with Crippen molar-refractivity contribution in [3.63, 3.8) is 0 Å². The molecule has 1 aromatic heterocycles. The van der Waals surface area contributed by atoms with E-state index in [2.05, 4.69) is 24.0 Å². The molecule has 0 atom stereocenters. The molecule has 0 radical (unpaired) electrons. The van der Waals surface area contributed by atoms with E-state index in [1.165, 1.54) is 25.7 Å². The highest BCUT2D eigenvalue weighted by Crippen LogP contribution is 2.35. The van der Waals surface area contributed by atoms with Crippen molar-refractivity contribution in [1.82, 2.24) is 10.2 Å². The predicted molar refractivity (Wildman–Crippen MR) is 59.3 cm³/mol. The van der Waals surface area contributed by atoms with Gasteiger partial charge in [0.15, 0.2) is 6.29 Å². The Kier molecular flexibility index (Phi) is 2.89. The molecule has 0 aromatic carbocycles. The van der Waals surface area contributed by atoms with Gasteiger partial charge in [0.25, 0.3) is 0 Å². The summed E-state index contributed by atoms with van der Waals surface area (Å²) in [5, 5.41) is 7.34. The van der Waals surface area contributed by atoms with Crippen molar-refractivity contribution >= 4 is 6.29 Å². The van der Waals surface area contributed by atoms with Crippen LogP contribution in [0.3, 0.4) is 0 Å². The van der Waals surface area contributed by atoms with Crippen LogP contribution in [-0.4, -0.2) is 16.5 Å². The minimum absolute atomic E-state index is 0.316. The second kappa shape index (κ2) is 4.17. The Morgan fingerprint density at radius 3 is 2.60 bits per heavy atom. The van der Waals surface area contributed by atoms with E-state index in [0.29, 0.717) is 11.8 Å². The molecule has 1 N–H and O–H groups in total. The lowest BCUT2D eigenvalue weighted by atomic mass is 9.96. The molecule has 1 heterocycles. The summed E-state index contributed by atoms with van der Waals surface area (Å²) in [7, 11) is 0. The van der Waals surface area contributed by atoms with E-state index in [1.807, 2.05) is 0 Å². The number of nitrogens with zero attached hydrogens (tertiary/aromatic N) is 1. The highest BCUT2D eigenvalue weighted by atomic mass is 16.1. The molecule has 0 amide bonds. The van der Waals surface area contributed by atoms with Crippen molar-refractivity contribution in [2.75, 3.05) is 0 Å². The van der Waals surface area contributed by atoms with Crippen molar-refractivity contribution in [1.29, 1.82) is 0 Å². The van der Waals surface area contributed by atoms with Gasteiger partial charge in [-0.15, -0.1) is 0 Å². The van der Waals surface area contributed by atoms with Crippen LogP contribution in [-0.2, 0) is 0 Å². The molecule has 2 rings (SSSR count). The molecule has 0 saturated heterocycles. The van der Waals surface area contributed by atoms with Crippen LogP contribution >= 0.6 is 0 Å². The van der Waals surface area contributed by atoms with Crippen LogP contribution in [0.5, 0.6) is 0 Å². The number of carbonyl (C=O) groups excluding carboxylic acids is 1. The molecule has 0 spiro atoms. The summed E-state index contributed by atoms with van der Waals surface area (Å²) < 4.78 is 0. The summed E-state index contributed by atoms with van der Waals surface area (Å²) in [6.45, 7) is 4.14. The molecule has 0 unspecified atom stereocenters. The standard InChI is InChI=1S/C12H18N2O/c1-8(2)11-10(7-15)12(14-13-11)9-5-3-4-6-9/h7-9H,3-6H2,1-2H3,(H,13,14). The van der Waals surface area contributed by atoms with Crippen LogP contribution in [0.25, 0.3) is 0 Å². The van der Waals surface area contributed by atoms with Gasteiger partial charge < -0.3 is 0 Å². The third-order valence-corrected chi connectivity index (χ3v) is 3.29. The maximum atomic E-state index is 11.1. The van der Waals surface area contributed by atoms with Gasteiger partial charge in [0.1, 0.15) is 0 Å². The van der Waals surface area contributed by atoms with Gasteiger partial charge in [-0.25, -0.2) is 0 Å². The first kappa shape index (κ1) is 10.4. The van der Waals surface area contributed by atoms with E-state index in [9.17, 15) is 4.79 Å². The van der Waals surface area contributed by atoms with Gasteiger partial charge in [0.2, 0.25) is 0 Å². The van der Waals surface area contributed by atoms with E-state index >= 15 is 0 Å². The van der Waals surface area contributed by atoms with Crippen molar-refractivity contribution in [3.05, 3.63) is 17.0 Å². The summed E-state index contributed by atoms with van der Waals surface area (Å²) in [5.74, 6) is 0.849. The van der Waals surface area contributed by atoms with E-state index < -0.39 is 0 Å². The first-order valence-corrected chi connectivity index (χ1v) is 5.77. The zero-order valence-corrected chi connectivity index (χ0v) is 9.42. The summed E-state index contributed by atoms with van der Waals surface area (Å²) in [4.78, 5) is 11.1. The molecule has 1 aliphatic carbocycles. The number of aromatic amines is 1. The Labute approximate surface area is 90.3 Å². The molecule has 1 saturated carbocycles. The van der Waals surface area contributed by atoms with Gasteiger partial charge in [-0.05, 0) is 18.8 Å². The lowest BCUT2D eigenvalue weighted by molar-refractivity contribution is 0.112. The Bertz CT molecular complexity index is 349. The summed E-state index contributed by atoms with van der Waals surface area (Å²) in [5.41, 5.74) is 2.81. The molecule has 1 aromatic rings. The SMILES string of the molecule is CC(C)c1n[nH]c(C2CCCC2)c1C=O. The normalized spacial score (nSPS) is 17.5. The monoisotopic (exact) mass is 206 g/mol. The molecular formula is C12H18N2O. The molecule has 0 bridgehead atoms. The van der Waals surface area contributed by atoms with Gasteiger partial charge in [-0.1, -0.05) is 26.7 Å². The van der Waals surface area contributed by atoms with Gasteiger partial charge in [-0.2, -0.15) is 5.10 Å². The van der Waals surface area contributed by atoms with E-state index in [4.69, 9.17) is 0 Å². The first-order valence-electron chi connectivity index (χ1n) is 5.77. The lowest BCUT2D eigenvalue weighted by Crippen LogP contribution is -1.99. The van der Waals surface area contributed by atoms with Crippen molar-refractivity contribution in [2.45, 2.75) is 51.4 Å². The molecule has 15 heavy (non-hydrogen) atoms. The number of aromatic nitrogens is 2. The Balaban J connectivity index is 2.34. The molecule has 1 fully saturated rings.